The first-order chi connectivity index (χ1) is 13.1. The Morgan fingerprint density at radius 3 is 1.79 bits per heavy atom. The second-order valence-corrected chi connectivity index (χ2v) is 6.22. The summed E-state index contributed by atoms with van der Waals surface area (Å²) >= 11 is 0. The summed E-state index contributed by atoms with van der Waals surface area (Å²) in [6, 6.07) is -3.75. The van der Waals surface area contributed by atoms with Crippen molar-refractivity contribution in [2.45, 2.75) is 63.1 Å². The maximum atomic E-state index is 12.4. The standard InChI is InChI=1S/C16H28N4O8/c17-8-2-1-3-11(16(27)28)20-15(26)10(5-7-13(23)24)19-14(25)9(18)4-6-12(21)22/h9-11H,1-8,17-18H2,(H,19,25)(H,20,26)(H,21,22)(H,23,24)(H,27,28)/t9-,10-,11-/m0/s1. The molecule has 2 amide bonds. The fraction of sp³-hybridized carbons (Fsp3) is 0.688. The highest BCUT2D eigenvalue weighted by atomic mass is 16.4. The molecular formula is C16H28N4O8. The maximum Gasteiger partial charge on any atom is 0.326 e. The summed E-state index contributed by atoms with van der Waals surface area (Å²) in [5, 5.41) is 31.2. The van der Waals surface area contributed by atoms with Crippen molar-refractivity contribution in [2.75, 3.05) is 6.54 Å². The molecule has 0 aromatic rings. The van der Waals surface area contributed by atoms with E-state index in [9.17, 15) is 29.1 Å². The number of unbranched alkanes of at least 4 members (excludes halogenated alkanes) is 1. The quantitative estimate of drug-likeness (QED) is 0.152. The number of rotatable bonds is 15. The molecular weight excluding hydrogens is 376 g/mol. The van der Waals surface area contributed by atoms with Crippen LogP contribution < -0.4 is 22.1 Å². The minimum atomic E-state index is -1.32. The first-order valence-corrected chi connectivity index (χ1v) is 8.81. The van der Waals surface area contributed by atoms with Crippen molar-refractivity contribution in [3.05, 3.63) is 0 Å². The van der Waals surface area contributed by atoms with Gasteiger partial charge in [0.25, 0.3) is 0 Å². The second kappa shape index (κ2) is 13.4. The van der Waals surface area contributed by atoms with Gasteiger partial charge in [-0.3, -0.25) is 19.2 Å². The molecule has 0 heterocycles. The summed E-state index contributed by atoms with van der Waals surface area (Å²) in [4.78, 5) is 57.1. The fourth-order valence-corrected chi connectivity index (χ4v) is 2.25. The van der Waals surface area contributed by atoms with E-state index in [-0.39, 0.29) is 25.7 Å². The van der Waals surface area contributed by atoms with Crippen LogP contribution in [0.25, 0.3) is 0 Å². The lowest BCUT2D eigenvalue weighted by Crippen LogP contribution is -2.54. The van der Waals surface area contributed by atoms with Crippen LogP contribution in [0.2, 0.25) is 0 Å². The van der Waals surface area contributed by atoms with Crippen molar-refractivity contribution in [1.29, 1.82) is 0 Å². The first kappa shape index (κ1) is 25.3. The predicted octanol–water partition coefficient (Wildman–Crippen LogP) is -1.77. The number of nitrogens with two attached hydrogens (primary N) is 2. The average Bonchev–Trinajstić information content (AvgIpc) is 2.61. The second-order valence-electron chi connectivity index (χ2n) is 6.22. The lowest BCUT2D eigenvalue weighted by Gasteiger charge is -2.22. The van der Waals surface area contributed by atoms with E-state index in [0.717, 1.165) is 0 Å². The molecule has 12 heteroatoms. The van der Waals surface area contributed by atoms with Gasteiger partial charge in [0.2, 0.25) is 11.8 Å². The van der Waals surface area contributed by atoms with Crippen LogP contribution >= 0.6 is 0 Å². The molecule has 0 spiro atoms. The Morgan fingerprint density at radius 1 is 0.750 bits per heavy atom. The Morgan fingerprint density at radius 2 is 1.29 bits per heavy atom. The van der Waals surface area contributed by atoms with Crippen molar-refractivity contribution in [3.63, 3.8) is 0 Å². The van der Waals surface area contributed by atoms with Crippen molar-refractivity contribution in [2.24, 2.45) is 11.5 Å². The molecule has 3 atom stereocenters. The highest BCUT2D eigenvalue weighted by Crippen LogP contribution is 2.05. The average molecular weight is 404 g/mol. The molecule has 0 aromatic heterocycles. The molecule has 0 radical (unpaired) electrons. The smallest absolute Gasteiger partial charge is 0.326 e. The number of nitrogens with one attached hydrogen (secondary N) is 2. The number of carboxylic acids is 3. The molecule has 28 heavy (non-hydrogen) atoms. The molecule has 0 unspecified atom stereocenters. The van der Waals surface area contributed by atoms with Crippen LogP contribution in [-0.4, -0.2) is 69.7 Å². The van der Waals surface area contributed by atoms with Crippen LogP contribution in [0.4, 0.5) is 0 Å². The molecule has 0 fully saturated rings. The summed E-state index contributed by atoms with van der Waals surface area (Å²) in [6.45, 7) is 0.367. The Hall–Kier alpha value is -2.73. The van der Waals surface area contributed by atoms with Gasteiger partial charge >= 0.3 is 17.9 Å². The number of aliphatic carboxylic acids is 3. The largest absolute Gasteiger partial charge is 0.481 e. The van der Waals surface area contributed by atoms with Gasteiger partial charge in [-0.2, -0.15) is 0 Å². The SMILES string of the molecule is NCCCC[C@H](NC(=O)[C@H](CCC(=O)O)NC(=O)[C@@H](N)CCC(=O)O)C(=O)O. The normalized spacial score (nSPS) is 13.8. The van der Waals surface area contributed by atoms with Crippen molar-refractivity contribution >= 4 is 29.7 Å². The minimum Gasteiger partial charge on any atom is -0.481 e. The third-order valence-corrected chi connectivity index (χ3v) is 3.85. The molecule has 0 bridgehead atoms. The highest BCUT2D eigenvalue weighted by Gasteiger charge is 2.28. The number of carbonyl (C=O) groups excluding carboxylic acids is 2. The molecule has 0 saturated carbocycles. The molecule has 9 N–H and O–H groups in total. The third kappa shape index (κ3) is 11.1. The molecule has 12 nitrogen and oxygen atoms in total. The summed E-state index contributed by atoms with van der Waals surface area (Å²) < 4.78 is 0. The topological polar surface area (TPSA) is 222 Å². The highest BCUT2D eigenvalue weighted by molar-refractivity contribution is 5.92. The number of carboxylic acid groups (broad SMARTS) is 3. The van der Waals surface area contributed by atoms with Gasteiger partial charge in [-0.05, 0) is 38.6 Å². The van der Waals surface area contributed by atoms with Gasteiger partial charge in [-0.15, -0.1) is 0 Å². The minimum absolute atomic E-state index is 0.121. The van der Waals surface area contributed by atoms with E-state index < -0.39 is 54.3 Å². The van der Waals surface area contributed by atoms with E-state index in [4.69, 9.17) is 21.7 Å². The van der Waals surface area contributed by atoms with Crippen molar-refractivity contribution in [3.8, 4) is 0 Å². The monoisotopic (exact) mass is 404 g/mol. The third-order valence-electron chi connectivity index (χ3n) is 3.85. The number of carbonyl (C=O) groups is 5. The van der Waals surface area contributed by atoms with Crippen LogP contribution in [0, 0.1) is 0 Å². The molecule has 0 aliphatic heterocycles. The zero-order valence-corrected chi connectivity index (χ0v) is 15.4. The van der Waals surface area contributed by atoms with Crippen molar-refractivity contribution < 1.29 is 39.3 Å². The van der Waals surface area contributed by atoms with Gasteiger partial charge in [0.15, 0.2) is 0 Å². The fourth-order valence-electron chi connectivity index (χ4n) is 2.25. The number of hydrogen-bond donors (Lipinski definition) is 7. The Bertz CT molecular complexity index is 569. The molecule has 0 rings (SSSR count). The van der Waals surface area contributed by atoms with Crippen LogP contribution in [-0.2, 0) is 24.0 Å². The Balaban J connectivity index is 5.01. The van der Waals surface area contributed by atoms with E-state index in [1.807, 2.05) is 0 Å². The number of hydrogen-bond acceptors (Lipinski definition) is 7. The first-order valence-electron chi connectivity index (χ1n) is 8.81. The summed E-state index contributed by atoms with van der Waals surface area (Å²) in [7, 11) is 0. The summed E-state index contributed by atoms with van der Waals surface area (Å²) in [5.74, 6) is -5.32. The van der Waals surface area contributed by atoms with E-state index in [0.29, 0.717) is 19.4 Å². The van der Waals surface area contributed by atoms with Crippen LogP contribution in [0.5, 0.6) is 0 Å². The van der Waals surface area contributed by atoms with Gasteiger partial charge in [-0.25, -0.2) is 4.79 Å². The summed E-state index contributed by atoms with van der Waals surface area (Å²) in [5.41, 5.74) is 10.9. The zero-order valence-electron chi connectivity index (χ0n) is 15.4. The lowest BCUT2D eigenvalue weighted by atomic mass is 10.1. The molecule has 0 saturated heterocycles. The zero-order chi connectivity index (χ0) is 21.7. The van der Waals surface area contributed by atoms with E-state index >= 15 is 0 Å². The van der Waals surface area contributed by atoms with E-state index in [2.05, 4.69) is 10.6 Å². The lowest BCUT2D eigenvalue weighted by molar-refractivity contribution is -0.143. The van der Waals surface area contributed by atoms with Crippen molar-refractivity contribution in [1.82, 2.24) is 10.6 Å². The Kier molecular flexibility index (Phi) is 12.1. The molecule has 0 aliphatic carbocycles. The predicted molar refractivity (Wildman–Crippen MR) is 96.1 cm³/mol. The Labute approximate surface area is 161 Å². The summed E-state index contributed by atoms with van der Waals surface area (Å²) in [6.07, 6.45) is -0.122. The van der Waals surface area contributed by atoms with Gasteiger partial charge < -0.3 is 37.4 Å². The van der Waals surface area contributed by atoms with Crippen LogP contribution in [0.15, 0.2) is 0 Å². The number of amides is 2. The van der Waals surface area contributed by atoms with Gasteiger partial charge in [-0.1, -0.05) is 0 Å². The van der Waals surface area contributed by atoms with Gasteiger partial charge in [0, 0.05) is 12.8 Å². The van der Waals surface area contributed by atoms with E-state index in [1.54, 1.807) is 0 Å². The van der Waals surface area contributed by atoms with E-state index in [1.165, 1.54) is 0 Å². The molecule has 160 valence electrons. The van der Waals surface area contributed by atoms with Crippen LogP contribution in [0.3, 0.4) is 0 Å². The molecule has 0 aromatic carbocycles. The van der Waals surface area contributed by atoms with Gasteiger partial charge in [0.05, 0.1) is 6.04 Å². The van der Waals surface area contributed by atoms with Gasteiger partial charge in [0.1, 0.15) is 12.1 Å². The van der Waals surface area contributed by atoms with Crippen LogP contribution in [0.1, 0.15) is 44.9 Å². The maximum absolute atomic E-state index is 12.4. The molecule has 0 aliphatic rings.